The monoisotopic (exact) mass is 254 g/mol. The number of carboxylic acid groups (broad SMARTS) is 2. The number of rotatable bonds is 4. The summed E-state index contributed by atoms with van der Waals surface area (Å²) in [5.41, 5.74) is 0.200. The minimum absolute atomic E-state index is 0.0437. The zero-order chi connectivity index (χ0) is 13.9. The van der Waals surface area contributed by atoms with Crippen LogP contribution in [0.4, 0.5) is 0 Å². The summed E-state index contributed by atoms with van der Waals surface area (Å²) in [7, 11) is 0. The van der Waals surface area contributed by atoms with Crippen molar-refractivity contribution in [3.05, 3.63) is 11.1 Å². The first-order chi connectivity index (χ1) is 8.36. The summed E-state index contributed by atoms with van der Waals surface area (Å²) < 4.78 is 0. The molecule has 0 spiro atoms. The Morgan fingerprint density at radius 2 is 1.56 bits per heavy atom. The Bertz CT molecular complexity index is 352. The van der Waals surface area contributed by atoms with E-state index in [1.165, 1.54) is 0 Å². The number of aliphatic carboxylic acids is 2. The van der Waals surface area contributed by atoms with Gasteiger partial charge in [-0.25, -0.2) is 9.59 Å². The van der Waals surface area contributed by atoms with Gasteiger partial charge in [-0.05, 0) is 29.7 Å². The number of hydrogen-bond acceptors (Lipinski definition) is 2. The summed E-state index contributed by atoms with van der Waals surface area (Å²) in [5, 5.41) is 18.3. The van der Waals surface area contributed by atoms with Gasteiger partial charge in [0, 0.05) is 0 Å². The molecule has 102 valence electrons. The highest BCUT2D eigenvalue weighted by Crippen LogP contribution is 2.39. The van der Waals surface area contributed by atoms with E-state index in [1.54, 1.807) is 0 Å². The first-order valence-corrected chi connectivity index (χ1v) is 6.56. The average Bonchev–Trinajstić information content (AvgIpc) is 2.25. The molecule has 1 aliphatic rings. The molecule has 0 aliphatic heterocycles. The lowest BCUT2D eigenvalue weighted by atomic mass is 9.71. The highest BCUT2D eigenvalue weighted by atomic mass is 16.4. The zero-order valence-corrected chi connectivity index (χ0v) is 11.3. The third-order valence-corrected chi connectivity index (χ3v) is 3.85. The summed E-state index contributed by atoms with van der Waals surface area (Å²) in [6.07, 6.45) is 4.16. The Morgan fingerprint density at radius 1 is 1.06 bits per heavy atom. The maximum Gasteiger partial charge on any atom is 0.343 e. The molecule has 0 saturated heterocycles. The van der Waals surface area contributed by atoms with Gasteiger partial charge in [-0.3, -0.25) is 0 Å². The summed E-state index contributed by atoms with van der Waals surface area (Å²) in [6.45, 7) is 5.85. The second kappa shape index (κ2) is 6.03. The first kappa shape index (κ1) is 14.7. The molecule has 0 aromatic carbocycles. The topological polar surface area (TPSA) is 74.6 Å². The van der Waals surface area contributed by atoms with Crippen LogP contribution < -0.4 is 0 Å². The van der Waals surface area contributed by atoms with Crippen LogP contribution in [0.5, 0.6) is 0 Å². The fourth-order valence-corrected chi connectivity index (χ4v) is 3.02. The van der Waals surface area contributed by atoms with Gasteiger partial charge < -0.3 is 10.2 Å². The number of carbonyl (C=O) groups is 2. The molecular weight excluding hydrogens is 232 g/mol. The van der Waals surface area contributed by atoms with Gasteiger partial charge in [0.05, 0.1) is 0 Å². The van der Waals surface area contributed by atoms with Crippen LogP contribution in [-0.4, -0.2) is 22.2 Å². The van der Waals surface area contributed by atoms with Crippen LogP contribution in [0.1, 0.15) is 46.5 Å². The molecule has 1 fully saturated rings. The molecule has 1 aliphatic carbocycles. The second-order valence-corrected chi connectivity index (χ2v) is 5.46. The molecular formula is C14H22O4. The van der Waals surface area contributed by atoms with E-state index >= 15 is 0 Å². The average molecular weight is 254 g/mol. The lowest BCUT2D eigenvalue weighted by molar-refractivity contribution is -0.140. The summed E-state index contributed by atoms with van der Waals surface area (Å²) in [5.74, 6) is -2.21. The molecule has 0 aromatic rings. The minimum Gasteiger partial charge on any atom is -0.477 e. The smallest absolute Gasteiger partial charge is 0.343 e. The molecule has 1 saturated carbocycles. The fraction of sp³-hybridized carbons (Fsp3) is 0.714. The van der Waals surface area contributed by atoms with Crippen molar-refractivity contribution in [2.75, 3.05) is 0 Å². The molecule has 2 atom stereocenters. The summed E-state index contributed by atoms with van der Waals surface area (Å²) >= 11 is 0. The van der Waals surface area contributed by atoms with Crippen molar-refractivity contribution in [2.45, 2.75) is 46.5 Å². The van der Waals surface area contributed by atoms with Gasteiger partial charge in [-0.1, -0.05) is 40.0 Å². The van der Waals surface area contributed by atoms with Crippen molar-refractivity contribution in [3.8, 4) is 0 Å². The fourth-order valence-electron chi connectivity index (χ4n) is 3.02. The maximum atomic E-state index is 11.2. The van der Waals surface area contributed by atoms with Gasteiger partial charge in [-0.15, -0.1) is 0 Å². The SMILES string of the molecule is CC(C)C(=C(C(=O)O)C(=O)O)C1CCCCC1C. The number of hydrogen-bond donors (Lipinski definition) is 2. The molecule has 4 nitrogen and oxygen atoms in total. The van der Waals surface area contributed by atoms with Gasteiger partial charge in [-0.2, -0.15) is 0 Å². The molecule has 2 N–H and O–H groups in total. The van der Waals surface area contributed by atoms with Crippen LogP contribution in [0.25, 0.3) is 0 Å². The summed E-state index contributed by atoms with van der Waals surface area (Å²) in [4.78, 5) is 22.4. The summed E-state index contributed by atoms with van der Waals surface area (Å²) in [6, 6.07) is 0. The van der Waals surface area contributed by atoms with Gasteiger partial charge in [0.1, 0.15) is 5.57 Å². The van der Waals surface area contributed by atoms with Gasteiger partial charge in [0.15, 0.2) is 0 Å². The second-order valence-electron chi connectivity index (χ2n) is 5.46. The van der Waals surface area contributed by atoms with Crippen molar-refractivity contribution in [1.29, 1.82) is 0 Å². The molecule has 0 radical (unpaired) electrons. The molecule has 0 aromatic heterocycles. The maximum absolute atomic E-state index is 11.2. The zero-order valence-electron chi connectivity index (χ0n) is 11.3. The van der Waals surface area contributed by atoms with Gasteiger partial charge in [0.2, 0.25) is 0 Å². The van der Waals surface area contributed by atoms with Crippen LogP contribution in [-0.2, 0) is 9.59 Å². The Labute approximate surface area is 108 Å². The first-order valence-electron chi connectivity index (χ1n) is 6.56. The lowest BCUT2D eigenvalue weighted by Crippen LogP contribution is -2.27. The Morgan fingerprint density at radius 3 is 1.94 bits per heavy atom. The van der Waals surface area contributed by atoms with Crippen LogP contribution in [0.2, 0.25) is 0 Å². The van der Waals surface area contributed by atoms with E-state index in [9.17, 15) is 9.59 Å². The molecule has 1 rings (SSSR count). The van der Waals surface area contributed by atoms with Crippen molar-refractivity contribution in [3.63, 3.8) is 0 Å². The molecule has 18 heavy (non-hydrogen) atoms. The number of allylic oxidation sites excluding steroid dienone is 1. The Kier molecular flexibility index (Phi) is 4.93. The third-order valence-electron chi connectivity index (χ3n) is 3.85. The van der Waals surface area contributed by atoms with E-state index in [0.29, 0.717) is 11.5 Å². The van der Waals surface area contributed by atoms with Crippen molar-refractivity contribution >= 4 is 11.9 Å². The molecule has 0 heterocycles. The Balaban J connectivity index is 3.25. The minimum atomic E-state index is -1.32. The van der Waals surface area contributed by atoms with Crippen molar-refractivity contribution in [2.24, 2.45) is 17.8 Å². The van der Waals surface area contributed by atoms with Gasteiger partial charge >= 0.3 is 11.9 Å². The molecule has 2 unspecified atom stereocenters. The predicted molar refractivity (Wildman–Crippen MR) is 68.3 cm³/mol. The number of carboxylic acids is 2. The van der Waals surface area contributed by atoms with E-state index < -0.39 is 17.5 Å². The highest BCUT2D eigenvalue weighted by Gasteiger charge is 2.33. The van der Waals surface area contributed by atoms with E-state index in [4.69, 9.17) is 10.2 Å². The highest BCUT2D eigenvalue weighted by molar-refractivity contribution is 6.13. The Hall–Kier alpha value is -1.32. The normalized spacial score (nSPS) is 23.8. The standard InChI is InChI=1S/C14H22O4/c1-8(2)11(12(13(15)16)14(17)18)10-7-5-4-6-9(10)3/h8-10H,4-7H2,1-3H3,(H,15,16)(H,17,18). The largest absolute Gasteiger partial charge is 0.477 e. The third kappa shape index (κ3) is 3.12. The van der Waals surface area contributed by atoms with E-state index in [2.05, 4.69) is 6.92 Å². The van der Waals surface area contributed by atoms with Crippen molar-refractivity contribution < 1.29 is 19.8 Å². The molecule has 0 bridgehead atoms. The quantitative estimate of drug-likeness (QED) is 0.459. The lowest BCUT2D eigenvalue weighted by Gasteiger charge is -2.33. The van der Waals surface area contributed by atoms with Gasteiger partial charge in [0.25, 0.3) is 0 Å². The van der Waals surface area contributed by atoms with Crippen LogP contribution in [0.15, 0.2) is 11.1 Å². The van der Waals surface area contributed by atoms with Crippen LogP contribution in [0.3, 0.4) is 0 Å². The van der Waals surface area contributed by atoms with E-state index in [1.807, 2.05) is 13.8 Å². The molecule has 4 heteroatoms. The molecule has 0 amide bonds. The van der Waals surface area contributed by atoms with E-state index in [0.717, 1.165) is 25.7 Å². The van der Waals surface area contributed by atoms with Crippen LogP contribution >= 0.6 is 0 Å². The van der Waals surface area contributed by atoms with Crippen LogP contribution in [0, 0.1) is 17.8 Å². The predicted octanol–water partition coefficient (Wildman–Crippen LogP) is 2.93. The van der Waals surface area contributed by atoms with Crippen molar-refractivity contribution in [1.82, 2.24) is 0 Å². The van der Waals surface area contributed by atoms with E-state index in [-0.39, 0.29) is 11.8 Å².